The lowest BCUT2D eigenvalue weighted by molar-refractivity contribution is 0.796. The Bertz CT molecular complexity index is 2910. The summed E-state index contributed by atoms with van der Waals surface area (Å²) in [7, 11) is 0. The van der Waals surface area contributed by atoms with Crippen molar-refractivity contribution in [1.29, 1.82) is 0 Å². The molecule has 0 aliphatic rings. The van der Waals surface area contributed by atoms with Gasteiger partial charge in [-0.25, -0.2) is 9.97 Å². The van der Waals surface area contributed by atoms with E-state index in [0.29, 0.717) is 0 Å². The van der Waals surface area contributed by atoms with Crippen LogP contribution in [0.25, 0.3) is 94.0 Å². The summed E-state index contributed by atoms with van der Waals surface area (Å²) in [6.07, 6.45) is 0. The van der Waals surface area contributed by atoms with Crippen molar-refractivity contribution >= 4 is 54.5 Å². The quantitative estimate of drug-likeness (QED) is 0.176. The highest BCUT2D eigenvalue weighted by molar-refractivity contribution is 6.29. The first-order valence-corrected chi connectivity index (χ1v) is 17.2. The molecular formula is C46H32N4. The number of aromatic nitrogens is 4. The Labute approximate surface area is 289 Å². The summed E-state index contributed by atoms with van der Waals surface area (Å²) in [4.78, 5) is 10.4. The van der Waals surface area contributed by atoms with Gasteiger partial charge < -0.3 is 9.13 Å². The molecule has 0 saturated carbocycles. The van der Waals surface area contributed by atoms with E-state index in [9.17, 15) is 0 Å². The third-order valence-electron chi connectivity index (χ3n) is 10.1. The van der Waals surface area contributed by atoms with E-state index in [4.69, 9.17) is 9.97 Å². The SMILES string of the molecule is CCn1c(-c2cccc(-c3cccc(-c4nc5ccccc5c5c4ccc4c5c5ccccc5n4-c4ccccc4)c3)c2)nc2ccccc21. The van der Waals surface area contributed by atoms with E-state index in [1.807, 2.05) is 0 Å². The van der Waals surface area contributed by atoms with Crippen LogP contribution in [-0.4, -0.2) is 19.1 Å². The van der Waals surface area contributed by atoms with Crippen LogP contribution in [0, 0.1) is 0 Å². The van der Waals surface area contributed by atoms with Crippen LogP contribution in [-0.2, 0) is 6.54 Å². The Morgan fingerprint density at radius 3 is 1.88 bits per heavy atom. The maximum absolute atomic E-state index is 5.35. The van der Waals surface area contributed by atoms with Crippen LogP contribution in [0.3, 0.4) is 0 Å². The third-order valence-corrected chi connectivity index (χ3v) is 10.1. The van der Waals surface area contributed by atoms with Crippen molar-refractivity contribution < 1.29 is 0 Å². The molecule has 0 amide bonds. The summed E-state index contributed by atoms with van der Waals surface area (Å²) in [5.74, 6) is 0.993. The summed E-state index contributed by atoms with van der Waals surface area (Å²) < 4.78 is 4.69. The van der Waals surface area contributed by atoms with Gasteiger partial charge in [-0.1, -0.05) is 109 Å². The number of imidazole rings is 1. The van der Waals surface area contributed by atoms with Gasteiger partial charge in [-0.3, -0.25) is 0 Å². The predicted octanol–water partition coefficient (Wildman–Crippen LogP) is 11.9. The van der Waals surface area contributed by atoms with E-state index in [0.717, 1.165) is 73.3 Å². The standard InChI is InChI=1S/C46H32N4/c1-2-49-41-25-11-9-23-39(41)48-46(49)33-17-13-15-31(29-33)30-14-12-16-32(28-30)45-37-26-27-42-44(43(37)35-20-6-8-22-38(35)47-45)36-21-7-10-24-40(36)50(42)34-18-4-3-5-19-34/h3-29H,2H2,1H3. The zero-order valence-corrected chi connectivity index (χ0v) is 27.6. The molecule has 10 aromatic rings. The molecular weight excluding hydrogens is 609 g/mol. The molecule has 3 heterocycles. The molecule has 50 heavy (non-hydrogen) atoms. The van der Waals surface area contributed by atoms with E-state index in [1.165, 1.54) is 27.2 Å². The van der Waals surface area contributed by atoms with Crippen LogP contribution in [0.15, 0.2) is 164 Å². The molecule has 0 bridgehead atoms. The topological polar surface area (TPSA) is 35.6 Å². The average Bonchev–Trinajstić information content (AvgIpc) is 3.74. The Kier molecular flexibility index (Phi) is 6.43. The largest absolute Gasteiger partial charge is 0.324 e. The number of benzene rings is 7. The van der Waals surface area contributed by atoms with Crippen LogP contribution < -0.4 is 0 Å². The molecule has 0 aliphatic carbocycles. The second-order valence-electron chi connectivity index (χ2n) is 12.9. The number of hydrogen-bond acceptors (Lipinski definition) is 2. The van der Waals surface area contributed by atoms with Gasteiger partial charge in [-0.2, -0.15) is 0 Å². The summed E-state index contributed by atoms with van der Waals surface area (Å²) in [6, 6.07) is 58.5. The average molecular weight is 641 g/mol. The normalized spacial score (nSPS) is 11.8. The minimum absolute atomic E-state index is 0.855. The van der Waals surface area contributed by atoms with Gasteiger partial charge in [0.05, 0.1) is 33.3 Å². The van der Waals surface area contributed by atoms with Crippen molar-refractivity contribution in [1.82, 2.24) is 19.1 Å². The lowest BCUT2D eigenvalue weighted by Gasteiger charge is -2.14. The number of aryl methyl sites for hydroxylation is 1. The summed E-state index contributed by atoms with van der Waals surface area (Å²) in [6.45, 7) is 3.03. The third kappa shape index (κ3) is 4.32. The van der Waals surface area contributed by atoms with E-state index in [-0.39, 0.29) is 0 Å². The minimum atomic E-state index is 0.855. The minimum Gasteiger partial charge on any atom is -0.324 e. The van der Waals surface area contributed by atoms with Crippen molar-refractivity contribution in [2.24, 2.45) is 0 Å². The van der Waals surface area contributed by atoms with E-state index >= 15 is 0 Å². The number of nitrogens with zero attached hydrogens (tertiary/aromatic N) is 4. The van der Waals surface area contributed by atoms with Crippen LogP contribution >= 0.6 is 0 Å². The molecule has 7 aromatic carbocycles. The van der Waals surface area contributed by atoms with Gasteiger partial charge in [0.1, 0.15) is 5.82 Å². The second kappa shape index (κ2) is 11.3. The molecule has 0 fully saturated rings. The molecule has 236 valence electrons. The Morgan fingerprint density at radius 1 is 0.440 bits per heavy atom. The Hall–Kier alpha value is -6.52. The Morgan fingerprint density at radius 2 is 1.08 bits per heavy atom. The van der Waals surface area contributed by atoms with Crippen LogP contribution in [0.2, 0.25) is 0 Å². The van der Waals surface area contributed by atoms with Gasteiger partial charge in [-0.05, 0) is 72.6 Å². The van der Waals surface area contributed by atoms with Crippen LogP contribution in [0.1, 0.15) is 6.92 Å². The maximum Gasteiger partial charge on any atom is 0.141 e. The first-order valence-electron chi connectivity index (χ1n) is 17.2. The molecule has 10 rings (SSSR count). The molecule has 0 N–H and O–H groups in total. The molecule has 0 atom stereocenters. The number of para-hydroxylation sites is 5. The van der Waals surface area contributed by atoms with Gasteiger partial charge in [-0.15, -0.1) is 0 Å². The van der Waals surface area contributed by atoms with Gasteiger partial charge >= 0.3 is 0 Å². The molecule has 0 unspecified atom stereocenters. The van der Waals surface area contributed by atoms with Crippen LogP contribution in [0.4, 0.5) is 0 Å². The van der Waals surface area contributed by atoms with Gasteiger partial charge in [0.15, 0.2) is 0 Å². The molecule has 0 spiro atoms. The number of rotatable bonds is 5. The first kappa shape index (κ1) is 28.5. The second-order valence-corrected chi connectivity index (χ2v) is 12.9. The number of pyridine rings is 1. The maximum atomic E-state index is 5.35. The fourth-order valence-electron chi connectivity index (χ4n) is 7.88. The molecule has 0 saturated heterocycles. The molecule has 4 heteroatoms. The molecule has 0 aliphatic heterocycles. The van der Waals surface area contributed by atoms with Crippen molar-refractivity contribution in [2.75, 3.05) is 0 Å². The monoisotopic (exact) mass is 640 g/mol. The smallest absolute Gasteiger partial charge is 0.141 e. The zero-order chi connectivity index (χ0) is 33.2. The van der Waals surface area contributed by atoms with E-state index in [1.54, 1.807) is 0 Å². The highest BCUT2D eigenvalue weighted by atomic mass is 15.1. The van der Waals surface area contributed by atoms with Crippen molar-refractivity contribution in [2.45, 2.75) is 13.5 Å². The van der Waals surface area contributed by atoms with Gasteiger partial charge in [0, 0.05) is 50.3 Å². The number of hydrogen-bond donors (Lipinski definition) is 0. The highest BCUT2D eigenvalue weighted by Gasteiger charge is 2.20. The zero-order valence-electron chi connectivity index (χ0n) is 27.6. The molecule has 4 nitrogen and oxygen atoms in total. The summed E-state index contributed by atoms with van der Waals surface area (Å²) >= 11 is 0. The van der Waals surface area contributed by atoms with Crippen molar-refractivity contribution in [3.8, 4) is 39.5 Å². The highest BCUT2D eigenvalue weighted by Crippen LogP contribution is 2.42. The lowest BCUT2D eigenvalue weighted by atomic mass is 9.94. The fourth-order valence-corrected chi connectivity index (χ4v) is 7.88. The predicted molar refractivity (Wildman–Crippen MR) is 209 cm³/mol. The molecule has 0 radical (unpaired) electrons. The van der Waals surface area contributed by atoms with Crippen molar-refractivity contribution in [3.05, 3.63) is 164 Å². The number of fused-ring (bicyclic) bond motifs is 8. The van der Waals surface area contributed by atoms with E-state index < -0.39 is 0 Å². The summed E-state index contributed by atoms with van der Waals surface area (Å²) in [5, 5.41) is 6.04. The van der Waals surface area contributed by atoms with Gasteiger partial charge in [0.25, 0.3) is 0 Å². The fraction of sp³-hybridized carbons (Fsp3) is 0.0435. The van der Waals surface area contributed by atoms with Crippen LogP contribution in [0.5, 0.6) is 0 Å². The van der Waals surface area contributed by atoms with Crippen molar-refractivity contribution in [3.63, 3.8) is 0 Å². The lowest BCUT2D eigenvalue weighted by Crippen LogP contribution is -1.97. The van der Waals surface area contributed by atoms with Gasteiger partial charge in [0.2, 0.25) is 0 Å². The Balaban J connectivity index is 1.19. The molecule has 3 aromatic heterocycles. The van der Waals surface area contributed by atoms with E-state index in [2.05, 4.69) is 180 Å². The summed E-state index contributed by atoms with van der Waals surface area (Å²) in [5.41, 5.74) is 12.2. The first-order chi connectivity index (χ1) is 24.8.